The Morgan fingerprint density at radius 3 is 2.86 bits per heavy atom. The van der Waals surface area contributed by atoms with Crippen molar-refractivity contribution in [3.05, 3.63) is 59.7 Å². The summed E-state index contributed by atoms with van der Waals surface area (Å²) in [5.41, 5.74) is 3.28. The first-order valence-electron chi connectivity index (χ1n) is 10.6. The zero-order valence-corrected chi connectivity index (χ0v) is 16.7. The van der Waals surface area contributed by atoms with Crippen LogP contribution in [-0.4, -0.2) is 35.9 Å². The van der Waals surface area contributed by atoms with E-state index in [0.717, 1.165) is 49.2 Å². The molecule has 0 saturated carbocycles. The van der Waals surface area contributed by atoms with Gasteiger partial charge in [-0.3, -0.25) is 9.59 Å². The number of amides is 2. The van der Waals surface area contributed by atoms with E-state index in [1.54, 1.807) is 0 Å². The maximum Gasteiger partial charge on any atom is 0.224 e. The maximum absolute atomic E-state index is 12.7. The summed E-state index contributed by atoms with van der Waals surface area (Å²) in [5.74, 6) is 1.10. The first-order valence-corrected chi connectivity index (χ1v) is 10.6. The molecule has 1 saturated heterocycles. The minimum Gasteiger partial charge on any atom is -0.494 e. The van der Waals surface area contributed by atoms with E-state index < -0.39 is 0 Å². The van der Waals surface area contributed by atoms with Crippen molar-refractivity contribution in [2.75, 3.05) is 18.5 Å². The van der Waals surface area contributed by atoms with E-state index in [9.17, 15) is 9.59 Å². The summed E-state index contributed by atoms with van der Waals surface area (Å²) in [4.78, 5) is 26.2. The molecule has 2 aromatic carbocycles. The molecule has 1 N–H and O–H groups in total. The van der Waals surface area contributed by atoms with E-state index in [4.69, 9.17) is 4.74 Å². The zero-order valence-electron chi connectivity index (χ0n) is 16.7. The number of rotatable bonds is 7. The van der Waals surface area contributed by atoms with E-state index in [1.807, 2.05) is 24.3 Å². The summed E-state index contributed by atoms with van der Waals surface area (Å²) in [5, 5.41) is 2.88. The van der Waals surface area contributed by atoms with Crippen LogP contribution in [0.25, 0.3) is 0 Å². The van der Waals surface area contributed by atoms with Crippen LogP contribution in [-0.2, 0) is 22.4 Å². The number of likely N-dealkylation sites (tertiary alicyclic amines) is 1. The van der Waals surface area contributed by atoms with Crippen molar-refractivity contribution in [3.8, 4) is 5.75 Å². The van der Waals surface area contributed by atoms with Crippen LogP contribution in [0.2, 0.25) is 0 Å². The number of benzene rings is 2. The smallest absolute Gasteiger partial charge is 0.224 e. The van der Waals surface area contributed by atoms with Gasteiger partial charge in [0.25, 0.3) is 0 Å². The summed E-state index contributed by atoms with van der Waals surface area (Å²) >= 11 is 0. The average Bonchev–Trinajstić information content (AvgIpc) is 3.20. The van der Waals surface area contributed by atoms with Gasteiger partial charge in [-0.1, -0.05) is 30.3 Å². The third kappa shape index (κ3) is 4.97. The lowest BCUT2D eigenvalue weighted by Gasteiger charge is -2.25. The standard InChI is InChI=1S/C24H28N2O3/c27-23-13-10-19-17-21(11-12-22(19)25-23)29-15-5-9-24(28)26-14-4-8-20(26)16-18-6-2-1-3-7-18/h1-3,6-7,11-12,17,20H,4-5,8-10,13-16H2,(H,25,27). The highest BCUT2D eigenvalue weighted by Crippen LogP contribution is 2.27. The fourth-order valence-electron chi connectivity index (χ4n) is 4.27. The molecule has 5 nitrogen and oxygen atoms in total. The van der Waals surface area contributed by atoms with Gasteiger partial charge in [-0.25, -0.2) is 0 Å². The molecule has 0 aliphatic carbocycles. The Hall–Kier alpha value is -2.82. The monoisotopic (exact) mass is 392 g/mol. The molecule has 1 fully saturated rings. The van der Waals surface area contributed by atoms with Crippen LogP contribution in [0.5, 0.6) is 5.75 Å². The van der Waals surface area contributed by atoms with Crippen molar-refractivity contribution >= 4 is 17.5 Å². The molecule has 2 aliphatic rings. The summed E-state index contributed by atoms with van der Waals surface area (Å²) in [6.07, 6.45) is 5.61. The first kappa shape index (κ1) is 19.5. The molecule has 0 radical (unpaired) electrons. The number of hydrogen-bond acceptors (Lipinski definition) is 3. The second kappa shape index (κ2) is 9.12. The molecule has 4 rings (SSSR count). The quantitative estimate of drug-likeness (QED) is 0.726. The second-order valence-electron chi connectivity index (χ2n) is 7.89. The lowest BCUT2D eigenvalue weighted by molar-refractivity contribution is -0.132. The molecule has 0 aromatic heterocycles. The van der Waals surface area contributed by atoms with Crippen LogP contribution in [0.4, 0.5) is 5.69 Å². The summed E-state index contributed by atoms with van der Waals surface area (Å²) in [7, 11) is 0. The largest absolute Gasteiger partial charge is 0.494 e. The van der Waals surface area contributed by atoms with Gasteiger partial charge < -0.3 is 15.0 Å². The number of carbonyl (C=O) groups excluding carboxylic acids is 2. The van der Waals surface area contributed by atoms with Gasteiger partial charge in [-0.15, -0.1) is 0 Å². The number of nitrogens with one attached hydrogen (secondary N) is 1. The van der Waals surface area contributed by atoms with Crippen LogP contribution in [0.1, 0.15) is 43.2 Å². The van der Waals surface area contributed by atoms with Crippen LogP contribution < -0.4 is 10.1 Å². The van der Waals surface area contributed by atoms with Gasteiger partial charge in [0.1, 0.15) is 5.75 Å². The Kier molecular flexibility index (Phi) is 6.13. The Bertz CT molecular complexity index is 866. The maximum atomic E-state index is 12.7. The molecular formula is C24H28N2O3. The van der Waals surface area contributed by atoms with Crippen molar-refractivity contribution in [1.82, 2.24) is 4.90 Å². The van der Waals surface area contributed by atoms with Crippen molar-refractivity contribution in [3.63, 3.8) is 0 Å². The normalized spacial score (nSPS) is 18.3. The molecule has 2 aromatic rings. The van der Waals surface area contributed by atoms with Crippen LogP contribution >= 0.6 is 0 Å². The van der Waals surface area contributed by atoms with E-state index in [1.165, 1.54) is 5.56 Å². The fraction of sp³-hybridized carbons (Fsp3) is 0.417. The lowest BCUT2D eigenvalue weighted by Crippen LogP contribution is -2.36. The summed E-state index contributed by atoms with van der Waals surface area (Å²) in [6, 6.07) is 16.5. The minimum atomic E-state index is 0.0668. The molecule has 2 aliphatic heterocycles. The number of ether oxygens (including phenoxy) is 1. The van der Waals surface area contributed by atoms with Gasteiger partial charge in [0.15, 0.2) is 0 Å². The molecule has 1 atom stereocenters. The van der Waals surface area contributed by atoms with E-state index in [-0.39, 0.29) is 11.8 Å². The SMILES string of the molecule is O=C1CCc2cc(OCCCC(=O)N3CCCC3Cc3ccccc3)ccc2N1. The molecular weight excluding hydrogens is 364 g/mol. The highest BCUT2D eigenvalue weighted by molar-refractivity contribution is 5.94. The summed E-state index contributed by atoms with van der Waals surface area (Å²) < 4.78 is 5.85. The van der Waals surface area contributed by atoms with Gasteiger partial charge in [0.2, 0.25) is 11.8 Å². The van der Waals surface area contributed by atoms with Crippen LogP contribution in [0, 0.1) is 0 Å². The van der Waals surface area contributed by atoms with Crippen molar-refractivity contribution in [1.29, 1.82) is 0 Å². The molecule has 1 unspecified atom stereocenters. The van der Waals surface area contributed by atoms with Gasteiger partial charge in [-0.05, 0) is 61.4 Å². The number of fused-ring (bicyclic) bond motifs is 1. The Morgan fingerprint density at radius 2 is 2.00 bits per heavy atom. The Morgan fingerprint density at radius 1 is 1.14 bits per heavy atom. The van der Waals surface area contributed by atoms with Crippen molar-refractivity contribution < 1.29 is 14.3 Å². The van der Waals surface area contributed by atoms with Gasteiger partial charge in [0, 0.05) is 31.1 Å². The number of aryl methyl sites for hydroxylation is 1. The van der Waals surface area contributed by atoms with E-state index in [2.05, 4.69) is 34.5 Å². The number of anilines is 1. The van der Waals surface area contributed by atoms with Crippen molar-refractivity contribution in [2.45, 2.75) is 51.0 Å². The van der Waals surface area contributed by atoms with E-state index in [0.29, 0.717) is 31.9 Å². The molecule has 0 bridgehead atoms. The third-order valence-electron chi connectivity index (χ3n) is 5.79. The molecule has 152 valence electrons. The number of carbonyl (C=O) groups is 2. The van der Waals surface area contributed by atoms with Crippen LogP contribution in [0.3, 0.4) is 0 Å². The summed E-state index contributed by atoms with van der Waals surface area (Å²) in [6.45, 7) is 1.39. The molecule has 29 heavy (non-hydrogen) atoms. The number of hydrogen-bond donors (Lipinski definition) is 1. The van der Waals surface area contributed by atoms with Gasteiger partial charge in [0.05, 0.1) is 6.61 Å². The molecule has 0 spiro atoms. The minimum absolute atomic E-state index is 0.0668. The fourth-order valence-corrected chi connectivity index (χ4v) is 4.27. The second-order valence-corrected chi connectivity index (χ2v) is 7.89. The number of nitrogens with zero attached hydrogens (tertiary/aromatic N) is 1. The molecule has 2 heterocycles. The highest BCUT2D eigenvalue weighted by atomic mass is 16.5. The Balaban J connectivity index is 1.23. The molecule has 2 amide bonds. The highest BCUT2D eigenvalue weighted by Gasteiger charge is 2.28. The topological polar surface area (TPSA) is 58.6 Å². The van der Waals surface area contributed by atoms with Crippen molar-refractivity contribution in [2.24, 2.45) is 0 Å². The zero-order chi connectivity index (χ0) is 20.1. The first-order chi connectivity index (χ1) is 14.2. The van der Waals surface area contributed by atoms with Gasteiger partial charge in [-0.2, -0.15) is 0 Å². The lowest BCUT2D eigenvalue weighted by atomic mass is 10.0. The molecule has 5 heteroatoms. The predicted molar refractivity (Wildman–Crippen MR) is 113 cm³/mol. The predicted octanol–water partition coefficient (Wildman–Crippen LogP) is 3.96. The van der Waals surface area contributed by atoms with Crippen LogP contribution in [0.15, 0.2) is 48.5 Å². The Labute approximate surface area is 172 Å². The van der Waals surface area contributed by atoms with Gasteiger partial charge >= 0.3 is 0 Å². The third-order valence-corrected chi connectivity index (χ3v) is 5.79. The van der Waals surface area contributed by atoms with E-state index >= 15 is 0 Å². The average molecular weight is 392 g/mol.